The molecule has 1 aromatic carbocycles. The average Bonchev–Trinajstić information content (AvgIpc) is 3.52. The number of nitrogens with one attached hydrogen (secondary N) is 1. The molecule has 3 heterocycles. The lowest BCUT2D eigenvalue weighted by atomic mass is 9.83. The van der Waals surface area contributed by atoms with Crippen molar-refractivity contribution in [2.45, 2.75) is 51.6 Å². The van der Waals surface area contributed by atoms with Crippen molar-refractivity contribution in [1.82, 2.24) is 20.1 Å². The maximum absolute atomic E-state index is 13.8. The van der Waals surface area contributed by atoms with Gasteiger partial charge in [-0.3, -0.25) is 19.3 Å². The molecule has 3 saturated heterocycles. The molecule has 0 aromatic heterocycles. The minimum Gasteiger partial charge on any atom is -0.339 e. The standard InChI is InChI=1S/C26H37N5O3/c1-18(2)30-16-21(23-22(17-30)26(34)31(27-23)20-10-4-3-5-11-20)25(33)29-14-12-28(13-15-29)24(32)19-8-6-7-9-19/h3-5,10-11,18-19,21-23,27H,6-9,12-17H2,1-2H3. The Labute approximate surface area is 202 Å². The number of fused-ring (bicyclic) bond motifs is 1. The summed E-state index contributed by atoms with van der Waals surface area (Å²) in [4.78, 5) is 46.1. The van der Waals surface area contributed by atoms with Crippen LogP contribution in [0.3, 0.4) is 0 Å². The molecule has 34 heavy (non-hydrogen) atoms. The molecule has 5 rings (SSSR count). The van der Waals surface area contributed by atoms with E-state index >= 15 is 0 Å². The molecule has 3 atom stereocenters. The van der Waals surface area contributed by atoms with Crippen molar-refractivity contribution in [2.75, 3.05) is 44.3 Å². The lowest BCUT2D eigenvalue weighted by Gasteiger charge is -2.43. The topological polar surface area (TPSA) is 76.2 Å². The summed E-state index contributed by atoms with van der Waals surface area (Å²) in [5.74, 6) is 0.0368. The highest BCUT2D eigenvalue weighted by Crippen LogP contribution is 2.34. The second kappa shape index (κ2) is 9.66. The monoisotopic (exact) mass is 467 g/mol. The average molecular weight is 468 g/mol. The van der Waals surface area contributed by atoms with E-state index in [4.69, 9.17) is 0 Å². The lowest BCUT2D eigenvalue weighted by molar-refractivity contribution is -0.146. The number of hydrogen-bond donors (Lipinski definition) is 1. The summed E-state index contributed by atoms with van der Waals surface area (Å²) in [5, 5.41) is 1.64. The predicted octanol–water partition coefficient (Wildman–Crippen LogP) is 1.72. The van der Waals surface area contributed by atoms with Crippen LogP contribution in [0, 0.1) is 17.8 Å². The van der Waals surface area contributed by atoms with Gasteiger partial charge in [-0.2, -0.15) is 0 Å². The van der Waals surface area contributed by atoms with Crippen molar-refractivity contribution in [3.05, 3.63) is 30.3 Å². The zero-order valence-electron chi connectivity index (χ0n) is 20.4. The number of rotatable bonds is 4. The van der Waals surface area contributed by atoms with E-state index in [0.29, 0.717) is 39.3 Å². The maximum atomic E-state index is 13.8. The van der Waals surface area contributed by atoms with Crippen LogP contribution >= 0.6 is 0 Å². The second-order valence-electron chi connectivity index (χ2n) is 10.6. The van der Waals surface area contributed by atoms with Gasteiger partial charge in [0.25, 0.3) is 0 Å². The zero-order valence-corrected chi connectivity index (χ0v) is 20.4. The van der Waals surface area contributed by atoms with Crippen LogP contribution in [0.2, 0.25) is 0 Å². The Morgan fingerprint density at radius 3 is 2.15 bits per heavy atom. The Hall–Kier alpha value is -2.45. The normalized spacial score (nSPS) is 28.6. The molecule has 8 nitrogen and oxygen atoms in total. The van der Waals surface area contributed by atoms with Crippen molar-refractivity contribution in [2.24, 2.45) is 17.8 Å². The molecule has 0 spiro atoms. The van der Waals surface area contributed by atoms with E-state index in [1.807, 2.05) is 40.1 Å². The van der Waals surface area contributed by atoms with E-state index in [1.165, 1.54) is 0 Å². The first kappa shape index (κ1) is 23.3. The van der Waals surface area contributed by atoms with Crippen molar-refractivity contribution < 1.29 is 14.4 Å². The Morgan fingerprint density at radius 1 is 0.912 bits per heavy atom. The van der Waals surface area contributed by atoms with Gasteiger partial charge in [-0.25, -0.2) is 10.4 Å². The number of carbonyl (C=O) groups excluding carboxylic acids is 3. The number of likely N-dealkylation sites (tertiary alicyclic amines) is 1. The largest absolute Gasteiger partial charge is 0.339 e. The van der Waals surface area contributed by atoms with Gasteiger partial charge in [-0.05, 0) is 38.8 Å². The zero-order chi connectivity index (χ0) is 23.8. The van der Waals surface area contributed by atoms with Gasteiger partial charge >= 0.3 is 0 Å². The third-order valence-corrected chi connectivity index (χ3v) is 8.21. The second-order valence-corrected chi connectivity index (χ2v) is 10.6. The molecular weight excluding hydrogens is 430 g/mol. The van der Waals surface area contributed by atoms with Gasteiger partial charge in [-0.1, -0.05) is 31.0 Å². The van der Waals surface area contributed by atoms with Crippen LogP contribution in [0.5, 0.6) is 0 Å². The van der Waals surface area contributed by atoms with Crippen molar-refractivity contribution in [3.63, 3.8) is 0 Å². The highest BCUT2D eigenvalue weighted by molar-refractivity contribution is 5.98. The van der Waals surface area contributed by atoms with E-state index in [1.54, 1.807) is 5.01 Å². The number of benzene rings is 1. The summed E-state index contributed by atoms with van der Waals surface area (Å²) in [7, 11) is 0. The van der Waals surface area contributed by atoms with Crippen LogP contribution in [0.25, 0.3) is 0 Å². The molecule has 1 aliphatic carbocycles. The van der Waals surface area contributed by atoms with E-state index < -0.39 is 0 Å². The molecule has 1 saturated carbocycles. The summed E-state index contributed by atoms with van der Waals surface area (Å²) < 4.78 is 0. The summed E-state index contributed by atoms with van der Waals surface area (Å²) in [6.45, 7) is 7.91. The Balaban J connectivity index is 1.29. The summed E-state index contributed by atoms with van der Waals surface area (Å²) in [6, 6.07) is 9.65. The molecule has 8 heteroatoms. The lowest BCUT2D eigenvalue weighted by Crippen LogP contribution is -2.61. The quantitative estimate of drug-likeness (QED) is 0.730. The fourth-order valence-electron chi connectivity index (χ4n) is 6.12. The minimum atomic E-state index is -0.295. The maximum Gasteiger partial charge on any atom is 0.247 e. The van der Waals surface area contributed by atoms with Gasteiger partial charge in [0.15, 0.2) is 0 Å². The summed E-state index contributed by atoms with van der Waals surface area (Å²) in [6.07, 6.45) is 4.31. The van der Waals surface area contributed by atoms with Crippen LogP contribution < -0.4 is 10.4 Å². The molecule has 1 N–H and O–H groups in total. The van der Waals surface area contributed by atoms with E-state index in [0.717, 1.165) is 31.4 Å². The molecular formula is C26H37N5O3. The number of nitrogens with zero attached hydrogens (tertiary/aromatic N) is 4. The van der Waals surface area contributed by atoms with Gasteiger partial charge in [0.05, 0.1) is 23.6 Å². The molecule has 4 aliphatic rings. The first-order valence-corrected chi connectivity index (χ1v) is 12.9. The van der Waals surface area contributed by atoms with Gasteiger partial charge in [0.2, 0.25) is 17.7 Å². The third kappa shape index (κ3) is 4.33. The smallest absolute Gasteiger partial charge is 0.247 e. The SMILES string of the molecule is CC(C)N1CC(C(=O)N2CCN(C(=O)C3CCCC3)CC2)C2NN(c3ccccc3)C(=O)C2C1. The minimum absolute atomic E-state index is 0.0336. The van der Waals surface area contributed by atoms with Gasteiger partial charge in [-0.15, -0.1) is 0 Å². The highest BCUT2D eigenvalue weighted by atomic mass is 16.2. The fraction of sp³-hybridized carbons (Fsp3) is 0.654. The van der Waals surface area contributed by atoms with Crippen LogP contribution in [0.1, 0.15) is 39.5 Å². The summed E-state index contributed by atoms with van der Waals surface area (Å²) >= 11 is 0. The number of amides is 3. The van der Waals surface area contributed by atoms with E-state index in [2.05, 4.69) is 24.2 Å². The molecule has 184 valence electrons. The highest BCUT2D eigenvalue weighted by Gasteiger charge is 2.52. The number of piperidine rings is 1. The Bertz CT molecular complexity index is 908. The number of hydrogen-bond acceptors (Lipinski definition) is 5. The number of carbonyl (C=O) groups is 3. The number of hydrazine groups is 1. The van der Waals surface area contributed by atoms with Gasteiger partial charge in [0.1, 0.15) is 0 Å². The number of para-hydroxylation sites is 1. The first-order valence-electron chi connectivity index (χ1n) is 12.9. The van der Waals surface area contributed by atoms with Gasteiger partial charge < -0.3 is 9.80 Å². The Morgan fingerprint density at radius 2 is 1.53 bits per heavy atom. The van der Waals surface area contributed by atoms with Crippen LogP contribution in [-0.4, -0.2) is 83.8 Å². The molecule has 1 aromatic rings. The number of piperazine rings is 1. The molecule has 3 amide bonds. The third-order valence-electron chi connectivity index (χ3n) is 8.21. The van der Waals surface area contributed by atoms with E-state index in [-0.39, 0.29) is 47.6 Å². The van der Waals surface area contributed by atoms with Gasteiger partial charge in [0, 0.05) is 51.2 Å². The fourth-order valence-corrected chi connectivity index (χ4v) is 6.12. The van der Waals surface area contributed by atoms with E-state index in [9.17, 15) is 14.4 Å². The Kier molecular flexibility index (Phi) is 6.62. The molecule has 3 aliphatic heterocycles. The predicted molar refractivity (Wildman–Crippen MR) is 130 cm³/mol. The van der Waals surface area contributed by atoms with Crippen LogP contribution in [-0.2, 0) is 14.4 Å². The molecule has 4 fully saturated rings. The molecule has 0 radical (unpaired) electrons. The first-order chi connectivity index (χ1) is 16.4. The number of anilines is 1. The summed E-state index contributed by atoms with van der Waals surface area (Å²) in [5.41, 5.74) is 4.21. The van der Waals surface area contributed by atoms with Crippen molar-refractivity contribution >= 4 is 23.4 Å². The molecule has 0 bridgehead atoms. The van der Waals surface area contributed by atoms with Crippen LogP contribution in [0.15, 0.2) is 30.3 Å². The van der Waals surface area contributed by atoms with Crippen molar-refractivity contribution in [1.29, 1.82) is 0 Å². The van der Waals surface area contributed by atoms with Crippen LogP contribution in [0.4, 0.5) is 5.69 Å². The molecule has 3 unspecified atom stereocenters. The van der Waals surface area contributed by atoms with Crippen molar-refractivity contribution in [3.8, 4) is 0 Å².